The van der Waals surface area contributed by atoms with Crippen LogP contribution in [0.5, 0.6) is 0 Å². The molecule has 0 aliphatic carbocycles. The van der Waals surface area contributed by atoms with E-state index in [4.69, 9.17) is 31.8 Å². The number of hydrogen-bond acceptors (Lipinski definition) is 12. The van der Waals surface area contributed by atoms with E-state index in [9.17, 15) is 4.79 Å². The first kappa shape index (κ1) is 25.8. The Balaban J connectivity index is 1.05. The lowest BCUT2D eigenvalue weighted by Gasteiger charge is -2.49. The zero-order chi connectivity index (χ0) is 26.3. The monoisotopic (exact) mass is 545 g/mol. The molecule has 6 N–H and O–H groups in total. The van der Waals surface area contributed by atoms with E-state index < -0.39 is 12.1 Å². The van der Waals surface area contributed by atoms with Crippen LogP contribution in [0.1, 0.15) is 30.3 Å². The van der Waals surface area contributed by atoms with Gasteiger partial charge in [0.1, 0.15) is 17.5 Å². The van der Waals surface area contributed by atoms with Crippen LogP contribution in [0.4, 0.5) is 11.4 Å². The number of hydroxylamine groups is 1. The zero-order valence-corrected chi connectivity index (χ0v) is 21.7. The largest absolute Gasteiger partial charge is 0.376 e. The molecule has 38 heavy (non-hydrogen) atoms. The Hall–Kier alpha value is -2.46. The van der Waals surface area contributed by atoms with Crippen molar-refractivity contribution in [1.29, 1.82) is 0 Å². The zero-order valence-electron chi connectivity index (χ0n) is 21.0. The highest BCUT2D eigenvalue weighted by atomic mass is 35.5. The number of piperidine rings is 1. The highest BCUT2D eigenvalue weighted by Crippen LogP contribution is 2.41. The number of carbonyl (C=O) groups is 1. The number of benzene rings is 1. The van der Waals surface area contributed by atoms with Gasteiger partial charge in [-0.15, -0.1) is 5.23 Å². The quantitative estimate of drug-likeness (QED) is 0.365. The van der Waals surface area contributed by atoms with Crippen LogP contribution in [0, 0.1) is 5.41 Å². The maximum atomic E-state index is 12.5. The van der Waals surface area contributed by atoms with Crippen molar-refractivity contribution in [3.63, 3.8) is 0 Å². The van der Waals surface area contributed by atoms with Crippen LogP contribution in [0.3, 0.4) is 0 Å². The van der Waals surface area contributed by atoms with Gasteiger partial charge in [-0.3, -0.25) is 25.3 Å². The molecule has 6 rings (SSSR count). The normalized spacial score (nSPS) is 31.2. The first-order valence-corrected chi connectivity index (χ1v) is 13.2. The van der Waals surface area contributed by atoms with Gasteiger partial charge in [-0.1, -0.05) is 17.7 Å². The fourth-order valence-electron chi connectivity index (χ4n) is 5.58. The Labute approximate surface area is 225 Å². The van der Waals surface area contributed by atoms with Gasteiger partial charge >= 0.3 is 0 Å². The maximum Gasteiger partial charge on any atom is 0.275 e. The van der Waals surface area contributed by atoms with E-state index in [1.807, 2.05) is 0 Å². The van der Waals surface area contributed by atoms with E-state index in [2.05, 4.69) is 43.2 Å². The van der Waals surface area contributed by atoms with Crippen molar-refractivity contribution in [1.82, 2.24) is 31.0 Å². The summed E-state index contributed by atoms with van der Waals surface area (Å²) in [6, 6.07) is 5.23. The second kappa shape index (κ2) is 10.6. The van der Waals surface area contributed by atoms with Crippen LogP contribution in [-0.2, 0) is 14.5 Å². The standard InChI is InChI=1S/C24H32ClN9O4/c1-14-20(26)24(13-36-14)5-9-33(10-6-24)18-12-29-23-21(31-18)32-38-34(37-23)17-4-2-3-15(19(17)25)30-22(35)16-11-27-7-8-28-16/h2-4,7-8,11,14,18,20-21,23,29,31-32H,5-6,9-10,12-13,26H2,1H3,(H,30,35)/t14-,18?,20+,21?,23?/m0/s1. The first-order chi connectivity index (χ1) is 18.4. The molecule has 14 heteroatoms. The maximum absolute atomic E-state index is 12.5. The topological polar surface area (TPSA) is 151 Å². The van der Waals surface area contributed by atoms with Crippen molar-refractivity contribution in [2.45, 2.75) is 50.5 Å². The van der Waals surface area contributed by atoms with Gasteiger partial charge in [0, 0.05) is 43.5 Å². The smallest absolute Gasteiger partial charge is 0.275 e. The second-order valence-electron chi connectivity index (χ2n) is 10.2. The molecule has 3 unspecified atom stereocenters. The third-order valence-corrected chi connectivity index (χ3v) is 8.36. The predicted molar refractivity (Wildman–Crippen MR) is 138 cm³/mol. The number of anilines is 2. The molecule has 4 fully saturated rings. The number of fused-ring (bicyclic) bond motifs is 1. The van der Waals surface area contributed by atoms with E-state index in [1.54, 1.807) is 18.2 Å². The summed E-state index contributed by atoms with van der Waals surface area (Å²) in [5.74, 6) is -0.430. The van der Waals surface area contributed by atoms with Gasteiger partial charge in [0.05, 0.1) is 35.8 Å². The SMILES string of the molecule is C[C@@H]1OCC2(CCN(C3CNC4ON(c5cccc(NC(=O)c6cnccn6)c5Cl)ONC4N3)CC2)[C@@H]1N. The number of amides is 1. The van der Waals surface area contributed by atoms with Crippen molar-refractivity contribution in [2.24, 2.45) is 11.1 Å². The number of nitrogens with two attached hydrogens (primary N) is 1. The van der Waals surface area contributed by atoms with E-state index >= 15 is 0 Å². The molecule has 1 spiro atoms. The molecular weight excluding hydrogens is 514 g/mol. The molecule has 204 valence electrons. The molecule has 0 radical (unpaired) electrons. The number of carbonyl (C=O) groups excluding carboxylic acids is 1. The van der Waals surface area contributed by atoms with Crippen LogP contribution in [0.15, 0.2) is 36.8 Å². The minimum atomic E-state index is -0.430. The van der Waals surface area contributed by atoms with Gasteiger partial charge in [-0.25, -0.2) is 9.82 Å². The van der Waals surface area contributed by atoms with Crippen LogP contribution < -0.4 is 32.4 Å². The Morgan fingerprint density at radius 1 is 1.29 bits per heavy atom. The van der Waals surface area contributed by atoms with E-state index in [0.29, 0.717) is 17.9 Å². The Bertz CT molecular complexity index is 1150. The van der Waals surface area contributed by atoms with Gasteiger partial charge in [-0.2, -0.15) is 10.4 Å². The van der Waals surface area contributed by atoms with Crippen LogP contribution >= 0.6 is 11.6 Å². The van der Waals surface area contributed by atoms with Gasteiger partial charge in [-0.05, 0) is 31.9 Å². The summed E-state index contributed by atoms with van der Waals surface area (Å²) >= 11 is 6.60. The summed E-state index contributed by atoms with van der Waals surface area (Å²) in [6.07, 6.45) is 5.87. The molecule has 0 saturated carbocycles. The van der Waals surface area contributed by atoms with Crippen molar-refractivity contribution in [3.8, 4) is 0 Å². The van der Waals surface area contributed by atoms with Gasteiger partial charge in [0.15, 0.2) is 6.23 Å². The molecule has 4 aliphatic rings. The molecule has 5 atom stereocenters. The highest BCUT2D eigenvalue weighted by Gasteiger charge is 2.49. The van der Waals surface area contributed by atoms with Crippen LogP contribution in [0.25, 0.3) is 0 Å². The van der Waals surface area contributed by atoms with E-state index in [-0.39, 0.29) is 40.6 Å². The molecule has 4 saturated heterocycles. The average molecular weight is 546 g/mol. The first-order valence-electron chi connectivity index (χ1n) is 12.8. The molecule has 1 amide bonds. The molecule has 4 aliphatic heterocycles. The fraction of sp³-hybridized carbons (Fsp3) is 0.542. The molecule has 1 aromatic carbocycles. The summed E-state index contributed by atoms with van der Waals surface area (Å²) in [5.41, 5.74) is 10.5. The molecule has 0 bridgehead atoms. The highest BCUT2D eigenvalue weighted by molar-refractivity contribution is 6.36. The molecule has 5 heterocycles. The Kier molecular flexibility index (Phi) is 7.20. The summed E-state index contributed by atoms with van der Waals surface area (Å²) < 4.78 is 5.86. The summed E-state index contributed by atoms with van der Waals surface area (Å²) in [7, 11) is 0. The van der Waals surface area contributed by atoms with Crippen molar-refractivity contribution >= 4 is 28.9 Å². The number of nitrogens with zero attached hydrogens (tertiary/aromatic N) is 4. The Morgan fingerprint density at radius 2 is 2.13 bits per heavy atom. The molecule has 2 aromatic rings. The minimum Gasteiger partial charge on any atom is -0.376 e. The summed E-state index contributed by atoms with van der Waals surface area (Å²) in [4.78, 5) is 34.6. The third kappa shape index (κ3) is 4.85. The van der Waals surface area contributed by atoms with Crippen molar-refractivity contribution in [3.05, 3.63) is 47.5 Å². The number of halogens is 1. The fourth-order valence-corrected chi connectivity index (χ4v) is 5.82. The van der Waals surface area contributed by atoms with Gasteiger partial charge in [0.25, 0.3) is 5.91 Å². The Morgan fingerprint density at radius 3 is 2.87 bits per heavy atom. The van der Waals surface area contributed by atoms with E-state index in [1.165, 1.54) is 23.8 Å². The van der Waals surface area contributed by atoms with Crippen LogP contribution in [-0.4, -0.2) is 77.7 Å². The number of nitrogens with one attached hydrogen (secondary N) is 4. The number of rotatable bonds is 4. The van der Waals surface area contributed by atoms with Crippen LogP contribution in [0.2, 0.25) is 5.02 Å². The number of hydrogen-bond donors (Lipinski definition) is 5. The lowest BCUT2D eigenvalue weighted by atomic mass is 9.73. The van der Waals surface area contributed by atoms with Crippen molar-refractivity contribution in [2.75, 3.05) is 36.8 Å². The number of likely N-dealkylation sites (tertiary alicyclic amines) is 1. The third-order valence-electron chi connectivity index (χ3n) is 7.96. The number of piperazine rings is 1. The molecule has 1 aromatic heterocycles. The lowest BCUT2D eigenvalue weighted by molar-refractivity contribution is -0.250. The summed E-state index contributed by atoms with van der Waals surface area (Å²) in [6.45, 7) is 5.38. The van der Waals surface area contributed by atoms with Gasteiger partial charge < -0.3 is 15.8 Å². The van der Waals surface area contributed by atoms with E-state index in [0.717, 1.165) is 32.5 Å². The van der Waals surface area contributed by atoms with Crippen molar-refractivity contribution < 1.29 is 19.3 Å². The average Bonchev–Trinajstić information content (AvgIpc) is 3.23. The minimum absolute atomic E-state index is 0.0815. The van der Waals surface area contributed by atoms with Gasteiger partial charge in [0.2, 0.25) is 0 Å². The number of ether oxygens (including phenoxy) is 1. The summed E-state index contributed by atoms with van der Waals surface area (Å²) in [5, 5.41) is 11.2. The lowest BCUT2D eigenvalue weighted by Crippen LogP contribution is -2.74. The molecular formula is C24H32ClN9O4. The predicted octanol–water partition coefficient (Wildman–Crippen LogP) is 0.569. The second-order valence-corrected chi connectivity index (χ2v) is 10.6. The number of aromatic nitrogens is 2. The molecule has 13 nitrogen and oxygen atoms in total.